The number of hydrogen-bond donors (Lipinski definition) is 0. The molecule has 1 fully saturated rings. The fourth-order valence-corrected chi connectivity index (χ4v) is 2.35. The minimum absolute atomic E-state index is 0.206. The number of carbonyl (C=O) groups is 1. The highest BCUT2D eigenvalue weighted by Gasteiger charge is 2.24. The smallest absolute Gasteiger partial charge is 0.409 e. The van der Waals surface area contributed by atoms with Crippen molar-refractivity contribution < 1.29 is 13.9 Å². The molecular formula is C14H18FNO2. The zero-order valence-electron chi connectivity index (χ0n) is 10.6. The van der Waals surface area contributed by atoms with Gasteiger partial charge in [0.05, 0.1) is 6.61 Å². The van der Waals surface area contributed by atoms with Gasteiger partial charge in [-0.3, -0.25) is 0 Å². The van der Waals surface area contributed by atoms with Crippen LogP contribution in [0.4, 0.5) is 9.18 Å². The molecule has 1 aliphatic heterocycles. The zero-order valence-corrected chi connectivity index (χ0v) is 10.6. The number of nitrogens with zero attached hydrogens (tertiary/aromatic N) is 1. The Balaban J connectivity index is 1.90. The van der Waals surface area contributed by atoms with Crippen LogP contribution in [0.5, 0.6) is 0 Å². The molecule has 1 aromatic carbocycles. The Morgan fingerprint density at radius 3 is 2.50 bits per heavy atom. The van der Waals surface area contributed by atoms with Crippen molar-refractivity contribution in [1.82, 2.24) is 4.90 Å². The highest BCUT2D eigenvalue weighted by atomic mass is 19.1. The molecule has 4 heteroatoms. The van der Waals surface area contributed by atoms with Gasteiger partial charge < -0.3 is 9.64 Å². The standard InChI is InChI=1S/C14H18FNO2/c1-2-18-14(17)16-9-7-12(8-10-16)11-3-5-13(15)6-4-11/h3-6,12H,2,7-10H2,1H3. The maximum Gasteiger partial charge on any atom is 0.409 e. The van der Waals surface area contributed by atoms with Crippen LogP contribution in [-0.2, 0) is 4.74 Å². The van der Waals surface area contributed by atoms with Gasteiger partial charge in [-0.2, -0.15) is 0 Å². The van der Waals surface area contributed by atoms with E-state index in [0.29, 0.717) is 25.6 Å². The molecule has 0 saturated carbocycles. The number of hydrogen-bond acceptors (Lipinski definition) is 2. The average Bonchev–Trinajstić information content (AvgIpc) is 2.40. The number of benzene rings is 1. The number of halogens is 1. The Morgan fingerprint density at radius 2 is 1.94 bits per heavy atom. The minimum Gasteiger partial charge on any atom is -0.450 e. The Kier molecular flexibility index (Phi) is 4.18. The molecular weight excluding hydrogens is 233 g/mol. The van der Waals surface area contributed by atoms with E-state index in [0.717, 1.165) is 18.4 Å². The minimum atomic E-state index is -0.227. The van der Waals surface area contributed by atoms with Crippen molar-refractivity contribution in [2.45, 2.75) is 25.7 Å². The molecule has 1 heterocycles. The molecule has 1 saturated heterocycles. The molecule has 0 bridgehead atoms. The normalized spacial score (nSPS) is 16.7. The largest absolute Gasteiger partial charge is 0.450 e. The molecule has 98 valence electrons. The summed E-state index contributed by atoms with van der Waals surface area (Å²) in [6, 6.07) is 6.65. The lowest BCUT2D eigenvalue weighted by atomic mass is 9.90. The lowest BCUT2D eigenvalue weighted by Crippen LogP contribution is -2.38. The van der Waals surface area contributed by atoms with E-state index in [1.54, 1.807) is 4.90 Å². The molecule has 0 N–H and O–H groups in total. The second-order valence-electron chi connectivity index (χ2n) is 4.51. The van der Waals surface area contributed by atoms with Crippen LogP contribution >= 0.6 is 0 Å². The topological polar surface area (TPSA) is 29.5 Å². The quantitative estimate of drug-likeness (QED) is 0.808. The van der Waals surface area contributed by atoms with Gasteiger partial charge in [0.1, 0.15) is 5.82 Å². The third kappa shape index (κ3) is 3.00. The predicted molar refractivity (Wildman–Crippen MR) is 67.0 cm³/mol. The van der Waals surface area contributed by atoms with Crippen LogP contribution < -0.4 is 0 Å². The van der Waals surface area contributed by atoms with E-state index in [1.807, 2.05) is 19.1 Å². The molecule has 0 radical (unpaired) electrons. The SMILES string of the molecule is CCOC(=O)N1CCC(c2ccc(F)cc2)CC1. The number of likely N-dealkylation sites (tertiary alicyclic amines) is 1. The van der Waals surface area contributed by atoms with Crippen LogP contribution in [0, 0.1) is 5.82 Å². The molecule has 3 nitrogen and oxygen atoms in total. The zero-order chi connectivity index (χ0) is 13.0. The lowest BCUT2D eigenvalue weighted by Gasteiger charge is -2.31. The lowest BCUT2D eigenvalue weighted by molar-refractivity contribution is 0.0971. The molecule has 0 aliphatic carbocycles. The van der Waals surface area contributed by atoms with E-state index in [-0.39, 0.29) is 11.9 Å². The first-order valence-corrected chi connectivity index (χ1v) is 6.38. The Hall–Kier alpha value is -1.58. The van der Waals surface area contributed by atoms with Crippen LogP contribution in [0.1, 0.15) is 31.2 Å². The molecule has 0 unspecified atom stereocenters. The first-order valence-electron chi connectivity index (χ1n) is 6.38. The fourth-order valence-electron chi connectivity index (χ4n) is 2.35. The highest BCUT2D eigenvalue weighted by Crippen LogP contribution is 2.28. The van der Waals surface area contributed by atoms with Crippen molar-refractivity contribution in [2.75, 3.05) is 19.7 Å². The van der Waals surface area contributed by atoms with Gasteiger partial charge in [-0.1, -0.05) is 12.1 Å². The van der Waals surface area contributed by atoms with Crippen LogP contribution in [-0.4, -0.2) is 30.7 Å². The summed E-state index contributed by atoms with van der Waals surface area (Å²) in [6.07, 6.45) is 1.59. The monoisotopic (exact) mass is 251 g/mol. The van der Waals surface area contributed by atoms with E-state index < -0.39 is 0 Å². The van der Waals surface area contributed by atoms with Crippen molar-refractivity contribution in [1.29, 1.82) is 0 Å². The number of amides is 1. The van der Waals surface area contributed by atoms with Crippen LogP contribution in [0.15, 0.2) is 24.3 Å². The van der Waals surface area contributed by atoms with Gasteiger partial charge in [-0.15, -0.1) is 0 Å². The van der Waals surface area contributed by atoms with Crippen molar-refractivity contribution in [3.8, 4) is 0 Å². The van der Waals surface area contributed by atoms with E-state index in [4.69, 9.17) is 4.74 Å². The van der Waals surface area contributed by atoms with Gasteiger partial charge in [0.2, 0.25) is 0 Å². The van der Waals surface area contributed by atoms with Gasteiger partial charge in [-0.25, -0.2) is 9.18 Å². The van der Waals surface area contributed by atoms with Gasteiger partial charge in [-0.05, 0) is 43.4 Å². The number of ether oxygens (including phenoxy) is 1. The van der Waals surface area contributed by atoms with Gasteiger partial charge in [0, 0.05) is 13.1 Å². The second-order valence-corrected chi connectivity index (χ2v) is 4.51. The van der Waals surface area contributed by atoms with Crippen LogP contribution in [0.25, 0.3) is 0 Å². The average molecular weight is 251 g/mol. The van der Waals surface area contributed by atoms with Crippen molar-refractivity contribution in [2.24, 2.45) is 0 Å². The molecule has 0 spiro atoms. The third-order valence-electron chi connectivity index (χ3n) is 3.36. The van der Waals surface area contributed by atoms with Gasteiger partial charge in [0.25, 0.3) is 0 Å². The molecule has 1 aliphatic rings. The molecule has 0 aromatic heterocycles. The predicted octanol–water partition coefficient (Wildman–Crippen LogP) is 3.16. The molecule has 1 amide bonds. The van der Waals surface area contributed by atoms with Gasteiger partial charge in [0.15, 0.2) is 0 Å². The van der Waals surface area contributed by atoms with E-state index >= 15 is 0 Å². The Morgan fingerprint density at radius 1 is 1.33 bits per heavy atom. The number of piperidine rings is 1. The van der Waals surface area contributed by atoms with Crippen LogP contribution in [0.2, 0.25) is 0 Å². The van der Waals surface area contributed by atoms with E-state index in [2.05, 4.69) is 0 Å². The van der Waals surface area contributed by atoms with Crippen molar-refractivity contribution in [3.63, 3.8) is 0 Å². The summed E-state index contributed by atoms with van der Waals surface area (Å²) in [5.41, 5.74) is 1.15. The Bertz CT molecular complexity index is 397. The molecule has 0 atom stereocenters. The number of rotatable bonds is 2. The summed E-state index contributed by atoms with van der Waals surface area (Å²) in [5, 5.41) is 0. The van der Waals surface area contributed by atoms with Crippen LogP contribution in [0.3, 0.4) is 0 Å². The maximum atomic E-state index is 12.8. The second kappa shape index (κ2) is 5.85. The molecule has 1 aromatic rings. The summed E-state index contributed by atoms with van der Waals surface area (Å²) >= 11 is 0. The highest BCUT2D eigenvalue weighted by molar-refractivity contribution is 5.67. The van der Waals surface area contributed by atoms with Crippen molar-refractivity contribution in [3.05, 3.63) is 35.6 Å². The Labute approximate surface area is 107 Å². The van der Waals surface area contributed by atoms with Crippen molar-refractivity contribution >= 4 is 6.09 Å². The van der Waals surface area contributed by atoms with Gasteiger partial charge >= 0.3 is 6.09 Å². The van der Waals surface area contributed by atoms with E-state index in [9.17, 15) is 9.18 Å². The summed E-state index contributed by atoms with van der Waals surface area (Å²) in [5.74, 6) is 0.207. The maximum absolute atomic E-state index is 12.8. The number of carbonyl (C=O) groups excluding carboxylic acids is 1. The summed E-state index contributed by atoms with van der Waals surface area (Å²) in [6.45, 7) is 3.64. The molecule has 2 rings (SSSR count). The first kappa shape index (κ1) is 12.9. The third-order valence-corrected chi connectivity index (χ3v) is 3.36. The molecule has 18 heavy (non-hydrogen) atoms. The van der Waals surface area contributed by atoms with E-state index in [1.165, 1.54) is 12.1 Å². The summed E-state index contributed by atoms with van der Waals surface area (Å²) in [4.78, 5) is 13.3. The summed E-state index contributed by atoms with van der Waals surface area (Å²) in [7, 11) is 0. The fraction of sp³-hybridized carbons (Fsp3) is 0.500. The summed E-state index contributed by atoms with van der Waals surface area (Å²) < 4.78 is 17.8. The first-order chi connectivity index (χ1) is 8.70.